The largest absolute Gasteiger partial charge is 0.497 e. The summed E-state index contributed by atoms with van der Waals surface area (Å²) in [5.74, 6) is 0.282. The number of rotatable bonds is 5. The number of nitrogens with one attached hydrogen (secondary N) is 1. The van der Waals surface area contributed by atoms with Gasteiger partial charge in [0.15, 0.2) is 0 Å². The summed E-state index contributed by atoms with van der Waals surface area (Å²) in [6.07, 6.45) is 0. The molecule has 0 amide bonds. The molecule has 106 valence electrons. The molecule has 2 aromatic carbocycles. The molecule has 0 aliphatic carbocycles. The molecule has 1 N–H and O–H groups in total. The number of hydrogen-bond donors (Lipinski definition) is 1. The van der Waals surface area contributed by atoms with Crippen LogP contribution in [-0.2, 0) is 6.54 Å². The Morgan fingerprint density at radius 1 is 1.25 bits per heavy atom. The van der Waals surface area contributed by atoms with Crippen LogP contribution < -0.4 is 10.1 Å². The summed E-state index contributed by atoms with van der Waals surface area (Å²) in [5.41, 5.74) is 1.79. The third-order valence-electron chi connectivity index (χ3n) is 3.21. The van der Waals surface area contributed by atoms with Gasteiger partial charge in [-0.1, -0.05) is 34.1 Å². The Bertz CT molecular complexity index is 588. The van der Waals surface area contributed by atoms with Gasteiger partial charge in [0, 0.05) is 28.7 Å². The van der Waals surface area contributed by atoms with E-state index in [0.29, 0.717) is 17.9 Å². The molecule has 1 unspecified atom stereocenters. The Hall–Kier alpha value is -1.39. The summed E-state index contributed by atoms with van der Waals surface area (Å²) in [6, 6.07) is 13.1. The summed E-state index contributed by atoms with van der Waals surface area (Å²) in [4.78, 5) is 0. The van der Waals surface area contributed by atoms with Crippen LogP contribution in [0.3, 0.4) is 0 Å². The van der Waals surface area contributed by atoms with Crippen LogP contribution in [0.5, 0.6) is 5.75 Å². The van der Waals surface area contributed by atoms with Gasteiger partial charge in [0.25, 0.3) is 0 Å². The fourth-order valence-electron chi connectivity index (χ4n) is 1.96. The molecule has 2 nitrogen and oxygen atoms in total. The van der Waals surface area contributed by atoms with Crippen LogP contribution in [0, 0.1) is 5.82 Å². The summed E-state index contributed by atoms with van der Waals surface area (Å²) in [6.45, 7) is 2.53. The van der Waals surface area contributed by atoms with Gasteiger partial charge in [-0.2, -0.15) is 0 Å². The lowest BCUT2D eigenvalue weighted by Gasteiger charge is -2.15. The number of ether oxygens (including phenoxy) is 1. The lowest BCUT2D eigenvalue weighted by Crippen LogP contribution is -2.18. The highest BCUT2D eigenvalue weighted by Crippen LogP contribution is 2.20. The van der Waals surface area contributed by atoms with Gasteiger partial charge in [0.1, 0.15) is 11.6 Å². The average molecular weight is 338 g/mol. The first kappa shape index (κ1) is 15.0. The highest BCUT2D eigenvalue weighted by Gasteiger charge is 2.08. The second-order valence-corrected chi connectivity index (χ2v) is 5.53. The van der Waals surface area contributed by atoms with Gasteiger partial charge >= 0.3 is 0 Å². The van der Waals surface area contributed by atoms with Gasteiger partial charge in [-0.3, -0.25) is 0 Å². The van der Waals surface area contributed by atoms with Crippen molar-refractivity contribution in [2.24, 2.45) is 0 Å². The van der Waals surface area contributed by atoms with Crippen LogP contribution in [0.4, 0.5) is 4.39 Å². The van der Waals surface area contributed by atoms with E-state index < -0.39 is 0 Å². The Morgan fingerprint density at radius 2 is 2.05 bits per heavy atom. The van der Waals surface area contributed by atoms with Crippen LogP contribution in [0.2, 0.25) is 0 Å². The number of benzene rings is 2. The Balaban J connectivity index is 2.01. The summed E-state index contributed by atoms with van der Waals surface area (Å²) >= 11 is 3.45. The van der Waals surface area contributed by atoms with Crippen LogP contribution in [0.25, 0.3) is 0 Å². The van der Waals surface area contributed by atoms with Crippen LogP contribution in [0.1, 0.15) is 24.1 Å². The third-order valence-corrected chi connectivity index (χ3v) is 3.70. The molecule has 0 bridgehead atoms. The van der Waals surface area contributed by atoms with Crippen molar-refractivity contribution in [2.75, 3.05) is 7.11 Å². The molecule has 1 atom stereocenters. The summed E-state index contributed by atoms with van der Waals surface area (Å²) in [7, 11) is 1.53. The van der Waals surface area contributed by atoms with Gasteiger partial charge in [0.05, 0.1) is 7.11 Å². The van der Waals surface area contributed by atoms with Crippen LogP contribution in [0.15, 0.2) is 46.9 Å². The molecule has 0 aromatic heterocycles. The monoisotopic (exact) mass is 337 g/mol. The van der Waals surface area contributed by atoms with Crippen molar-refractivity contribution >= 4 is 15.9 Å². The highest BCUT2D eigenvalue weighted by molar-refractivity contribution is 9.10. The average Bonchev–Trinajstić information content (AvgIpc) is 2.45. The topological polar surface area (TPSA) is 21.3 Å². The molecule has 2 aromatic rings. The van der Waals surface area contributed by atoms with Crippen molar-refractivity contribution in [1.29, 1.82) is 0 Å². The van der Waals surface area contributed by atoms with E-state index >= 15 is 0 Å². The van der Waals surface area contributed by atoms with Gasteiger partial charge in [-0.25, -0.2) is 4.39 Å². The maximum Gasteiger partial charge on any atom is 0.131 e. The second kappa shape index (κ2) is 6.86. The first-order valence-electron chi connectivity index (χ1n) is 6.41. The zero-order chi connectivity index (χ0) is 14.5. The van der Waals surface area contributed by atoms with E-state index in [-0.39, 0.29) is 11.9 Å². The van der Waals surface area contributed by atoms with Crippen molar-refractivity contribution in [3.8, 4) is 5.75 Å². The second-order valence-electron chi connectivity index (χ2n) is 4.61. The first-order chi connectivity index (χ1) is 9.60. The highest BCUT2D eigenvalue weighted by atomic mass is 79.9. The van der Waals surface area contributed by atoms with E-state index in [1.807, 2.05) is 18.2 Å². The molecule has 0 saturated carbocycles. The van der Waals surface area contributed by atoms with E-state index in [1.54, 1.807) is 12.1 Å². The molecular weight excluding hydrogens is 321 g/mol. The van der Waals surface area contributed by atoms with E-state index in [4.69, 9.17) is 4.74 Å². The van der Waals surface area contributed by atoms with E-state index in [0.717, 1.165) is 10.0 Å². The quantitative estimate of drug-likeness (QED) is 0.870. The smallest absolute Gasteiger partial charge is 0.131 e. The van der Waals surface area contributed by atoms with Crippen LogP contribution in [-0.4, -0.2) is 7.11 Å². The van der Waals surface area contributed by atoms with Crippen molar-refractivity contribution in [2.45, 2.75) is 19.5 Å². The van der Waals surface area contributed by atoms with Crippen molar-refractivity contribution in [1.82, 2.24) is 5.32 Å². The maximum absolute atomic E-state index is 13.8. The zero-order valence-electron chi connectivity index (χ0n) is 11.5. The van der Waals surface area contributed by atoms with E-state index in [2.05, 4.69) is 34.2 Å². The van der Waals surface area contributed by atoms with Crippen molar-refractivity contribution in [3.05, 3.63) is 63.9 Å². The Morgan fingerprint density at radius 3 is 2.70 bits per heavy atom. The minimum Gasteiger partial charge on any atom is -0.497 e. The van der Waals surface area contributed by atoms with Crippen LogP contribution >= 0.6 is 15.9 Å². The predicted molar refractivity (Wildman–Crippen MR) is 82.3 cm³/mol. The van der Waals surface area contributed by atoms with E-state index in [1.165, 1.54) is 13.2 Å². The Labute approximate surface area is 127 Å². The SMILES string of the molecule is COc1ccc(CNC(C)c2cccc(Br)c2)c(F)c1. The minimum absolute atomic E-state index is 0.147. The molecule has 0 spiro atoms. The third kappa shape index (κ3) is 3.81. The molecule has 0 aliphatic rings. The summed E-state index contributed by atoms with van der Waals surface area (Å²) in [5, 5.41) is 3.32. The first-order valence-corrected chi connectivity index (χ1v) is 7.20. The van der Waals surface area contributed by atoms with Gasteiger partial charge in [-0.15, -0.1) is 0 Å². The molecule has 0 aliphatic heterocycles. The number of hydrogen-bond acceptors (Lipinski definition) is 2. The Kier molecular flexibility index (Phi) is 5.15. The fourth-order valence-corrected chi connectivity index (χ4v) is 2.37. The van der Waals surface area contributed by atoms with E-state index in [9.17, 15) is 4.39 Å². The molecule has 2 rings (SSSR count). The zero-order valence-corrected chi connectivity index (χ0v) is 13.1. The maximum atomic E-state index is 13.8. The molecule has 4 heteroatoms. The lowest BCUT2D eigenvalue weighted by atomic mass is 10.1. The lowest BCUT2D eigenvalue weighted by molar-refractivity contribution is 0.410. The van der Waals surface area contributed by atoms with Crippen molar-refractivity contribution < 1.29 is 9.13 Å². The molecule has 0 saturated heterocycles. The summed E-state index contributed by atoms with van der Waals surface area (Å²) < 4.78 is 19.9. The van der Waals surface area contributed by atoms with Gasteiger partial charge < -0.3 is 10.1 Å². The fraction of sp³-hybridized carbons (Fsp3) is 0.250. The number of halogens is 2. The predicted octanol–water partition coefficient (Wildman–Crippen LogP) is 4.45. The minimum atomic E-state index is -0.252. The molecule has 0 radical (unpaired) electrons. The normalized spacial score (nSPS) is 12.2. The van der Waals surface area contributed by atoms with Gasteiger partial charge in [0.2, 0.25) is 0 Å². The molecular formula is C16H17BrFNO. The molecule has 20 heavy (non-hydrogen) atoms. The standard InChI is InChI=1S/C16H17BrFNO/c1-11(12-4-3-5-14(17)8-12)19-10-13-6-7-15(20-2)9-16(13)18/h3-9,11,19H,10H2,1-2H3. The van der Waals surface area contributed by atoms with Crippen molar-refractivity contribution in [3.63, 3.8) is 0 Å². The molecule has 0 heterocycles. The molecule has 0 fully saturated rings. The van der Waals surface area contributed by atoms with Gasteiger partial charge in [-0.05, 0) is 30.7 Å². The number of methoxy groups -OCH3 is 1.